The molecular weight excluding hydrogens is 368 g/mol. The summed E-state index contributed by atoms with van der Waals surface area (Å²) in [5, 5.41) is 12.2. The lowest BCUT2D eigenvalue weighted by atomic mass is 10.1. The second-order valence-electron chi connectivity index (χ2n) is 6.88. The number of carbonyl (C=O) groups excluding carboxylic acids is 1. The summed E-state index contributed by atoms with van der Waals surface area (Å²) in [5.74, 6) is -0.246. The van der Waals surface area contributed by atoms with Crippen LogP contribution >= 0.6 is 0 Å². The molecule has 0 saturated carbocycles. The quantitative estimate of drug-likeness (QED) is 0.743. The number of nitriles is 1. The monoisotopic (exact) mass is 386 g/mol. The third kappa shape index (κ3) is 3.48. The molecule has 7 nitrogen and oxygen atoms in total. The van der Waals surface area contributed by atoms with E-state index in [9.17, 15) is 19.6 Å². The lowest BCUT2D eigenvalue weighted by molar-refractivity contribution is 0.102. The normalized spacial score (nSPS) is 12.2. The summed E-state index contributed by atoms with van der Waals surface area (Å²) in [6, 6.07) is 17.8. The average Bonchev–Trinajstić information content (AvgIpc) is 3.22. The SMILES string of the molecule is N#Cc1c2n(c(=O)n(Cc3ccc(C(=O)Nc4ccccc4)cc3)c1=O)CCC2. The van der Waals surface area contributed by atoms with Crippen LogP contribution in [0.4, 0.5) is 5.69 Å². The van der Waals surface area contributed by atoms with Gasteiger partial charge in [-0.25, -0.2) is 4.79 Å². The minimum atomic E-state index is -0.559. The molecule has 4 rings (SSSR count). The summed E-state index contributed by atoms with van der Waals surface area (Å²) in [7, 11) is 0. The maximum Gasteiger partial charge on any atom is 0.331 e. The third-order valence-electron chi connectivity index (χ3n) is 5.03. The molecule has 144 valence electrons. The van der Waals surface area contributed by atoms with Crippen LogP contribution in [0.5, 0.6) is 0 Å². The number of para-hydroxylation sites is 1. The molecule has 29 heavy (non-hydrogen) atoms. The number of aromatic nitrogens is 2. The number of fused-ring (bicyclic) bond motifs is 1. The highest BCUT2D eigenvalue weighted by molar-refractivity contribution is 6.04. The first-order chi connectivity index (χ1) is 14.1. The Bertz CT molecular complexity index is 1230. The van der Waals surface area contributed by atoms with E-state index in [2.05, 4.69) is 5.32 Å². The molecule has 1 aliphatic heterocycles. The van der Waals surface area contributed by atoms with Crippen molar-refractivity contribution in [1.82, 2.24) is 9.13 Å². The molecule has 0 atom stereocenters. The van der Waals surface area contributed by atoms with Gasteiger partial charge in [-0.05, 0) is 42.7 Å². The smallest absolute Gasteiger partial charge is 0.322 e. The molecule has 0 radical (unpaired) electrons. The highest BCUT2D eigenvalue weighted by Gasteiger charge is 2.22. The fourth-order valence-corrected chi connectivity index (χ4v) is 3.56. The largest absolute Gasteiger partial charge is 0.331 e. The molecule has 2 aromatic carbocycles. The Labute approximate surface area is 166 Å². The van der Waals surface area contributed by atoms with Gasteiger partial charge in [-0.2, -0.15) is 5.26 Å². The lowest BCUT2D eigenvalue weighted by Crippen LogP contribution is -2.41. The van der Waals surface area contributed by atoms with Crippen LogP contribution in [-0.4, -0.2) is 15.0 Å². The van der Waals surface area contributed by atoms with Crippen molar-refractivity contribution >= 4 is 11.6 Å². The number of nitrogens with one attached hydrogen (secondary N) is 1. The molecule has 0 saturated heterocycles. The average molecular weight is 386 g/mol. The van der Waals surface area contributed by atoms with Crippen LogP contribution in [0.1, 0.15) is 33.6 Å². The second kappa shape index (κ2) is 7.60. The number of nitrogens with zero attached hydrogens (tertiary/aromatic N) is 3. The summed E-state index contributed by atoms with van der Waals surface area (Å²) >= 11 is 0. The van der Waals surface area contributed by atoms with Crippen molar-refractivity contribution in [3.05, 3.63) is 97.8 Å². The second-order valence-corrected chi connectivity index (χ2v) is 6.88. The van der Waals surface area contributed by atoms with Crippen LogP contribution in [0, 0.1) is 11.3 Å². The Hall–Kier alpha value is -3.92. The number of carbonyl (C=O) groups is 1. The fraction of sp³-hybridized carbons (Fsp3) is 0.182. The maximum absolute atomic E-state index is 12.7. The minimum Gasteiger partial charge on any atom is -0.322 e. The van der Waals surface area contributed by atoms with E-state index in [0.717, 1.165) is 11.0 Å². The van der Waals surface area contributed by atoms with Crippen LogP contribution < -0.4 is 16.6 Å². The molecular formula is C22H18N4O3. The van der Waals surface area contributed by atoms with Crippen molar-refractivity contribution in [2.24, 2.45) is 0 Å². The Morgan fingerprint density at radius 3 is 2.48 bits per heavy atom. The molecule has 0 spiro atoms. The van der Waals surface area contributed by atoms with Crippen LogP contribution in [-0.2, 0) is 19.5 Å². The highest BCUT2D eigenvalue weighted by Crippen LogP contribution is 2.14. The zero-order valence-corrected chi connectivity index (χ0v) is 15.6. The van der Waals surface area contributed by atoms with Gasteiger partial charge in [0.1, 0.15) is 11.6 Å². The summed E-state index contributed by atoms with van der Waals surface area (Å²) < 4.78 is 2.61. The molecule has 2 heterocycles. The third-order valence-corrected chi connectivity index (χ3v) is 5.03. The van der Waals surface area contributed by atoms with Gasteiger partial charge >= 0.3 is 5.69 Å². The molecule has 1 aromatic heterocycles. The number of benzene rings is 2. The Balaban J connectivity index is 1.59. The van der Waals surface area contributed by atoms with E-state index in [1.807, 2.05) is 24.3 Å². The van der Waals surface area contributed by atoms with Crippen molar-refractivity contribution in [2.75, 3.05) is 5.32 Å². The van der Waals surface area contributed by atoms with Gasteiger partial charge in [-0.15, -0.1) is 0 Å². The van der Waals surface area contributed by atoms with Crippen molar-refractivity contribution in [3.63, 3.8) is 0 Å². The van der Waals surface area contributed by atoms with Gasteiger partial charge in [0.15, 0.2) is 0 Å². The van der Waals surface area contributed by atoms with E-state index in [4.69, 9.17) is 0 Å². The first-order valence-electron chi connectivity index (χ1n) is 9.30. The van der Waals surface area contributed by atoms with Crippen molar-refractivity contribution in [2.45, 2.75) is 25.9 Å². The van der Waals surface area contributed by atoms with Gasteiger partial charge in [0.2, 0.25) is 0 Å². The molecule has 1 aliphatic rings. The van der Waals surface area contributed by atoms with Gasteiger partial charge in [-0.3, -0.25) is 18.7 Å². The molecule has 1 N–H and O–H groups in total. The van der Waals surface area contributed by atoms with Gasteiger partial charge in [-0.1, -0.05) is 30.3 Å². The van der Waals surface area contributed by atoms with Crippen LogP contribution in [0.2, 0.25) is 0 Å². The maximum atomic E-state index is 12.7. The first kappa shape index (κ1) is 18.4. The summed E-state index contributed by atoms with van der Waals surface area (Å²) in [6.45, 7) is 0.564. The van der Waals surface area contributed by atoms with Crippen molar-refractivity contribution in [1.29, 1.82) is 5.26 Å². The standard InChI is InChI=1S/C22H18N4O3/c23-13-18-19-7-4-12-25(19)22(29)26(21(18)28)14-15-8-10-16(11-9-15)20(27)24-17-5-2-1-3-6-17/h1-3,5-6,8-11H,4,7,12,14H2,(H,24,27). The first-order valence-corrected chi connectivity index (χ1v) is 9.30. The van der Waals surface area contributed by atoms with E-state index in [0.29, 0.717) is 35.5 Å². The Kier molecular flexibility index (Phi) is 4.83. The van der Waals surface area contributed by atoms with Crippen LogP contribution in [0.15, 0.2) is 64.2 Å². The predicted octanol–water partition coefficient (Wildman–Crippen LogP) is 2.13. The van der Waals surface area contributed by atoms with E-state index in [1.165, 1.54) is 4.57 Å². The predicted molar refractivity (Wildman–Crippen MR) is 108 cm³/mol. The molecule has 0 aliphatic carbocycles. The molecule has 3 aromatic rings. The number of rotatable bonds is 4. The lowest BCUT2D eigenvalue weighted by Gasteiger charge is -2.11. The van der Waals surface area contributed by atoms with Crippen LogP contribution in [0.3, 0.4) is 0 Å². The number of anilines is 1. The highest BCUT2D eigenvalue weighted by atomic mass is 16.2. The van der Waals surface area contributed by atoms with Gasteiger partial charge < -0.3 is 5.32 Å². The zero-order chi connectivity index (χ0) is 20.4. The topological polar surface area (TPSA) is 96.9 Å². The van der Waals surface area contributed by atoms with E-state index in [-0.39, 0.29) is 18.0 Å². The fourth-order valence-electron chi connectivity index (χ4n) is 3.56. The molecule has 7 heteroatoms. The molecule has 0 fully saturated rings. The van der Waals surface area contributed by atoms with Gasteiger partial charge in [0.05, 0.1) is 6.54 Å². The van der Waals surface area contributed by atoms with Crippen molar-refractivity contribution in [3.8, 4) is 6.07 Å². The summed E-state index contributed by atoms with van der Waals surface area (Å²) in [6.07, 6.45) is 1.32. The number of hydrogen-bond donors (Lipinski definition) is 1. The van der Waals surface area contributed by atoms with E-state index < -0.39 is 11.2 Å². The van der Waals surface area contributed by atoms with Gasteiger partial charge in [0, 0.05) is 23.5 Å². The molecule has 0 bridgehead atoms. The molecule has 1 amide bonds. The van der Waals surface area contributed by atoms with Crippen LogP contribution in [0.25, 0.3) is 0 Å². The van der Waals surface area contributed by atoms with E-state index >= 15 is 0 Å². The van der Waals surface area contributed by atoms with Gasteiger partial charge in [0.25, 0.3) is 11.5 Å². The van der Waals surface area contributed by atoms with Crippen molar-refractivity contribution < 1.29 is 4.79 Å². The summed E-state index contributed by atoms with van der Waals surface area (Å²) in [4.78, 5) is 37.7. The Morgan fingerprint density at radius 2 is 1.79 bits per heavy atom. The minimum absolute atomic E-state index is 0.0426. The zero-order valence-electron chi connectivity index (χ0n) is 15.6. The Morgan fingerprint density at radius 1 is 1.07 bits per heavy atom. The summed E-state index contributed by atoms with van der Waals surface area (Å²) in [5.41, 5.74) is 1.48. The molecule has 0 unspecified atom stereocenters. The van der Waals surface area contributed by atoms with E-state index in [1.54, 1.807) is 36.4 Å². The number of amides is 1. The number of hydrogen-bond acceptors (Lipinski definition) is 4.